The summed E-state index contributed by atoms with van der Waals surface area (Å²) in [4.78, 5) is 11.4. The van der Waals surface area contributed by atoms with Crippen LogP contribution in [0.2, 0.25) is 0 Å². The van der Waals surface area contributed by atoms with Crippen LogP contribution in [0, 0.1) is 0 Å². The molecule has 0 saturated heterocycles. The lowest BCUT2D eigenvalue weighted by molar-refractivity contribution is 0.0600. The number of methoxy groups -OCH3 is 1. The zero-order valence-electron chi connectivity index (χ0n) is 13.6. The van der Waals surface area contributed by atoms with Gasteiger partial charge in [0, 0.05) is 0 Å². The van der Waals surface area contributed by atoms with Gasteiger partial charge in [-0.2, -0.15) is 0 Å². The highest BCUT2D eigenvalue weighted by atomic mass is 16.5. The van der Waals surface area contributed by atoms with Gasteiger partial charge in [0.25, 0.3) is 0 Å². The van der Waals surface area contributed by atoms with Gasteiger partial charge in [-0.05, 0) is 48.4 Å². The minimum absolute atomic E-state index is 0.354. The molecule has 5 heteroatoms. The van der Waals surface area contributed by atoms with E-state index in [0.717, 1.165) is 16.9 Å². The molecule has 0 aliphatic rings. The first-order valence-electron chi connectivity index (χ1n) is 7.39. The summed E-state index contributed by atoms with van der Waals surface area (Å²) in [6.45, 7) is 2.12. The fraction of sp³-hybridized carbons (Fsp3) is 0.158. The summed E-state index contributed by atoms with van der Waals surface area (Å²) in [6.07, 6.45) is 3.57. The Morgan fingerprint density at radius 2 is 1.79 bits per heavy atom. The highest BCUT2D eigenvalue weighted by Crippen LogP contribution is 2.15. The van der Waals surface area contributed by atoms with E-state index < -0.39 is 0 Å². The first-order valence-corrected chi connectivity index (χ1v) is 7.39. The van der Waals surface area contributed by atoms with Crippen molar-refractivity contribution in [3.63, 3.8) is 0 Å². The first kappa shape index (κ1) is 17.3. The zero-order valence-corrected chi connectivity index (χ0v) is 13.6. The van der Waals surface area contributed by atoms with Crippen LogP contribution < -0.4 is 4.74 Å². The van der Waals surface area contributed by atoms with Crippen LogP contribution in [-0.2, 0) is 11.3 Å². The van der Waals surface area contributed by atoms with Crippen LogP contribution in [0.1, 0.15) is 28.4 Å². The van der Waals surface area contributed by atoms with Gasteiger partial charge >= 0.3 is 5.97 Å². The smallest absolute Gasteiger partial charge is 0.337 e. The molecule has 0 amide bonds. The number of hydrogen-bond acceptors (Lipinski definition) is 5. The van der Waals surface area contributed by atoms with Gasteiger partial charge in [-0.3, -0.25) is 0 Å². The Bertz CT molecular complexity index is 731. The van der Waals surface area contributed by atoms with Crippen LogP contribution in [0.5, 0.6) is 5.75 Å². The number of carbonyl (C=O) groups is 1. The lowest BCUT2D eigenvalue weighted by atomic mass is 10.1. The summed E-state index contributed by atoms with van der Waals surface area (Å²) < 4.78 is 10.4. The Kier molecular flexibility index (Phi) is 6.14. The Balaban J connectivity index is 1.92. The van der Waals surface area contributed by atoms with Gasteiger partial charge in [0.05, 0.1) is 18.4 Å². The highest BCUT2D eigenvalue weighted by Gasteiger charge is 2.04. The largest absolute Gasteiger partial charge is 0.489 e. The summed E-state index contributed by atoms with van der Waals surface area (Å²) in [5.41, 5.74) is 2.99. The van der Waals surface area contributed by atoms with Gasteiger partial charge in [-0.25, -0.2) is 4.79 Å². The Hall–Kier alpha value is -3.08. The fourth-order valence-corrected chi connectivity index (χ4v) is 1.95. The highest BCUT2D eigenvalue weighted by molar-refractivity contribution is 5.95. The van der Waals surface area contributed by atoms with Crippen molar-refractivity contribution in [2.75, 3.05) is 7.11 Å². The number of ether oxygens (including phenoxy) is 2. The van der Waals surface area contributed by atoms with Crippen molar-refractivity contribution in [2.24, 2.45) is 5.16 Å². The molecule has 0 radical (unpaired) electrons. The normalized spacial score (nSPS) is 11.5. The lowest BCUT2D eigenvalue weighted by Crippen LogP contribution is -2.01. The topological polar surface area (TPSA) is 68.1 Å². The van der Waals surface area contributed by atoms with Gasteiger partial charge in [0.15, 0.2) is 0 Å². The molecule has 0 fully saturated rings. The Morgan fingerprint density at radius 3 is 2.38 bits per heavy atom. The first-order chi connectivity index (χ1) is 11.6. The molecular weight excluding hydrogens is 306 g/mol. The lowest BCUT2D eigenvalue weighted by Gasteiger charge is -2.07. The molecule has 0 aliphatic heterocycles. The molecule has 0 spiro atoms. The summed E-state index contributed by atoms with van der Waals surface area (Å²) >= 11 is 0. The SMILES string of the molecule is COC(=O)c1ccc(COc2ccc(C=CC(C)=NO)cc2)cc1. The standard InChI is InChI=1S/C19H19NO4/c1-14(20-22)3-4-15-7-11-18(12-8-15)24-13-16-5-9-17(10-6-16)19(21)23-2/h3-12,22H,13H2,1-2H3. The summed E-state index contributed by atoms with van der Waals surface area (Å²) in [6, 6.07) is 14.7. The maximum atomic E-state index is 11.4. The molecule has 0 aliphatic carbocycles. The molecule has 2 aromatic rings. The number of rotatable bonds is 6. The van der Waals surface area contributed by atoms with Crippen LogP contribution >= 0.6 is 0 Å². The van der Waals surface area contributed by atoms with Crippen LogP contribution in [0.3, 0.4) is 0 Å². The van der Waals surface area contributed by atoms with Crippen molar-refractivity contribution in [2.45, 2.75) is 13.5 Å². The van der Waals surface area contributed by atoms with Crippen LogP contribution in [-0.4, -0.2) is 24.0 Å². The zero-order chi connectivity index (χ0) is 17.4. The molecule has 0 bridgehead atoms. The van der Waals surface area contributed by atoms with E-state index in [9.17, 15) is 4.79 Å². The third kappa shape index (κ3) is 4.98. The Morgan fingerprint density at radius 1 is 1.12 bits per heavy atom. The average molecular weight is 325 g/mol. The number of nitrogens with zero attached hydrogens (tertiary/aromatic N) is 1. The van der Waals surface area contributed by atoms with E-state index in [0.29, 0.717) is 17.9 Å². The minimum atomic E-state index is -0.354. The van der Waals surface area contributed by atoms with Crippen molar-refractivity contribution in [1.82, 2.24) is 0 Å². The van der Waals surface area contributed by atoms with Crippen LogP contribution in [0.25, 0.3) is 6.08 Å². The molecule has 0 unspecified atom stereocenters. The molecule has 0 saturated carbocycles. The van der Waals surface area contributed by atoms with Gasteiger partial charge in [0.1, 0.15) is 12.4 Å². The molecule has 1 N–H and O–H groups in total. The van der Waals surface area contributed by atoms with Gasteiger partial charge in [0.2, 0.25) is 0 Å². The Labute approximate surface area is 140 Å². The summed E-state index contributed by atoms with van der Waals surface area (Å²) in [7, 11) is 1.36. The van der Waals surface area contributed by atoms with Gasteiger partial charge < -0.3 is 14.7 Å². The molecule has 2 rings (SSSR count). The van der Waals surface area contributed by atoms with E-state index in [1.165, 1.54) is 7.11 Å². The number of oxime groups is 1. The van der Waals surface area contributed by atoms with E-state index in [4.69, 9.17) is 9.94 Å². The third-order valence-electron chi connectivity index (χ3n) is 3.34. The predicted octanol–water partition coefficient (Wildman–Crippen LogP) is 3.92. The molecular formula is C19H19NO4. The fourth-order valence-electron chi connectivity index (χ4n) is 1.95. The predicted molar refractivity (Wildman–Crippen MR) is 92.5 cm³/mol. The quantitative estimate of drug-likeness (QED) is 0.378. The molecule has 0 aromatic heterocycles. The minimum Gasteiger partial charge on any atom is -0.489 e. The molecule has 2 aromatic carbocycles. The maximum Gasteiger partial charge on any atom is 0.337 e. The second kappa shape index (κ2) is 8.53. The van der Waals surface area contributed by atoms with Crippen molar-refractivity contribution < 1.29 is 19.5 Å². The monoisotopic (exact) mass is 325 g/mol. The third-order valence-corrected chi connectivity index (χ3v) is 3.34. The number of benzene rings is 2. The van der Waals surface area contributed by atoms with Crippen molar-refractivity contribution in [3.8, 4) is 5.75 Å². The maximum absolute atomic E-state index is 11.4. The van der Waals surface area contributed by atoms with Crippen molar-refractivity contribution in [1.29, 1.82) is 0 Å². The molecule has 0 atom stereocenters. The van der Waals surface area contributed by atoms with E-state index >= 15 is 0 Å². The summed E-state index contributed by atoms with van der Waals surface area (Å²) in [5, 5.41) is 11.7. The second-order valence-corrected chi connectivity index (χ2v) is 5.12. The van der Waals surface area contributed by atoms with E-state index in [-0.39, 0.29) is 5.97 Å². The summed E-state index contributed by atoms with van der Waals surface area (Å²) in [5.74, 6) is 0.393. The van der Waals surface area contributed by atoms with Crippen molar-refractivity contribution in [3.05, 3.63) is 71.3 Å². The number of esters is 1. The van der Waals surface area contributed by atoms with E-state index in [1.807, 2.05) is 42.5 Å². The van der Waals surface area contributed by atoms with Gasteiger partial charge in [-0.15, -0.1) is 0 Å². The van der Waals surface area contributed by atoms with Crippen LogP contribution in [0.4, 0.5) is 0 Å². The number of hydrogen-bond donors (Lipinski definition) is 1. The molecule has 0 heterocycles. The molecule has 5 nitrogen and oxygen atoms in total. The molecule has 124 valence electrons. The number of carbonyl (C=O) groups excluding carboxylic acids is 1. The average Bonchev–Trinajstić information content (AvgIpc) is 2.65. The number of allylic oxidation sites excluding steroid dienone is 1. The van der Waals surface area contributed by atoms with E-state index in [1.54, 1.807) is 25.1 Å². The van der Waals surface area contributed by atoms with Gasteiger partial charge in [-0.1, -0.05) is 35.5 Å². The second-order valence-electron chi connectivity index (χ2n) is 5.12. The van der Waals surface area contributed by atoms with E-state index in [2.05, 4.69) is 9.89 Å². The van der Waals surface area contributed by atoms with Crippen molar-refractivity contribution >= 4 is 17.8 Å². The molecule has 24 heavy (non-hydrogen) atoms. The van der Waals surface area contributed by atoms with Crippen LogP contribution in [0.15, 0.2) is 59.8 Å².